The van der Waals surface area contributed by atoms with Gasteiger partial charge in [-0.05, 0) is 38.5 Å². The number of rotatable bonds is 4. The zero-order valence-electron chi connectivity index (χ0n) is 10.7. The molecular formula is C13H17BrN2OS. The summed E-state index contributed by atoms with van der Waals surface area (Å²) in [7, 11) is 0. The first-order chi connectivity index (χ1) is 8.25. The number of thiocarbonyl (C=S) groups is 1. The van der Waals surface area contributed by atoms with Gasteiger partial charge in [-0.25, -0.2) is 0 Å². The third kappa shape index (κ3) is 3.53. The van der Waals surface area contributed by atoms with E-state index in [1.807, 2.05) is 31.2 Å². The average Bonchev–Trinajstić information content (AvgIpc) is 2.29. The van der Waals surface area contributed by atoms with Crippen molar-refractivity contribution in [3.05, 3.63) is 34.3 Å². The first-order valence-corrected chi connectivity index (χ1v) is 6.81. The molecule has 0 aromatic heterocycles. The van der Waals surface area contributed by atoms with Crippen molar-refractivity contribution in [2.75, 3.05) is 0 Å². The Balaban J connectivity index is 2.76. The predicted octanol–water partition coefficient (Wildman–Crippen LogP) is 2.94. The Morgan fingerprint density at radius 3 is 2.33 bits per heavy atom. The quantitative estimate of drug-likeness (QED) is 0.835. The number of nitrogens with one attached hydrogen (secondary N) is 1. The molecule has 1 aromatic carbocycles. The smallest absolute Gasteiger partial charge is 0.232 e. The van der Waals surface area contributed by atoms with E-state index in [1.165, 1.54) is 0 Å². The minimum Gasteiger partial charge on any atom is -0.392 e. The second kappa shape index (κ2) is 5.80. The molecule has 0 spiro atoms. The van der Waals surface area contributed by atoms with E-state index < -0.39 is 5.41 Å². The van der Waals surface area contributed by atoms with E-state index in [4.69, 9.17) is 18.0 Å². The van der Waals surface area contributed by atoms with Gasteiger partial charge in [0.25, 0.3) is 0 Å². The van der Waals surface area contributed by atoms with Gasteiger partial charge in [-0.3, -0.25) is 4.79 Å². The molecule has 0 aliphatic rings. The number of benzene rings is 1. The summed E-state index contributed by atoms with van der Waals surface area (Å²) in [5, 5.41) is 2.92. The summed E-state index contributed by atoms with van der Waals surface area (Å²) >= 11 is 8.28. The molecule has 98 valence electrons. The van der Waals surface area contributed by atoms with Crippen LogP contribution in [-0.4, -0.2) is 10.9 Å². The van der Waals surface area contributed by atoms with E-state index in [2.05, 4.69) is 21.2 Å². The summed E-state index contributed by atoms with van der Waals surface area (Å²) in [5.74, 6) is -0.162. The van der Waals surface area contributed by atoms with Gasteiger partial charge in [0, 0.05) is 4.47 Å². The molecule has 0 saturated carbocycles. The maximum atomic E-state index is 12.1. The van der Waals surface area contributed by atoms with Gasteiger partial charge in [0.05, 0.1) is 16.4 Å². The summed E-state index contributed by atoms with van der Waals surface area (Å²) in [6.45, 7) is 5.37. The highest BCUT2D eigenvalue weighted by molar-refractivity contribution is 9.10. The third-order valence-corrected chi connectivity index (χ3v) is 3.94. The molecule has 0 radical (unpaired) electrons. The number of nitrogens with two attached hydrogens (primary N) is 1. The number of carbonyl (C=O) groups is 1. The predicted molar refractivity (Wildman–Crippen MR) is 81.3 cm³/mol. The molecule has 1 atom stereocenters. The third-order valence-electron chi connectivity index (χ3n) is 2.90. The number of hydrogen-bond donors (Lipinski definition) is 2. The number of halogens is 1. The second-order valence-electron chi connectivity index (χ2n) is 4.74. The minimum atomic E-state index is -0.834. The van der Waals surface area contributed by atoms with Crippen molar-refractivity contribution in [3.63, 3.8) is 0 Å². The van der Waals surface area contributed by atoms with E-state index in [9.17, 15) is 4.79 Å². The molecule has 0 fully saturated rings. The molecular weight excluding hydrogens is 312 g/mol. The molecule has 18 heavy (non-hydrogen) atoms. The van der Waals surface area contributed by atoms with Crippen molar-refractivity contribution in [2.45, 2.75) is 26.8 Å². The molecule has 1 rings (SSSR count). The fourth-order valence-corrected chi connectivity index (χ4v) is 1.68. The number of amides is 1. The maximum Gasteiger partial charge on any atom is 0.232 e. The molecule has 0 aliphatic carbocycles. The Bertz CT molecular complexity index is 457. The van der Waals surface area contributed by atoms with Gasteiger partial charge in [-0.2, -0.15) is 0 Å². The topological polar surface area (TPSA) is 55.1 Å². The van der Waals surface area contributed by atoms with Crippen molar-refractivity contribution >= 4 is 39.0 Å². The highest BCUT2D eigenvalue weighted by Crippen LogP contribution is 2.20. The first-order valence-electron chi connectivity index (χ1n) is 5.61. The molecule has 0 saturated heterocycles. The highest BCUT2D eigenvalue weighted by Gasteiger charge is 2.31. The van der Waals surface area contributed by atoms with Crippen LogP contribution >= 0.6 is 28.1 Å². The molecule has 0 bridgehead atoms. The summed E-state index contributed by atoms with van der Waals surface area (Å²) in [4.78, 5) is 12.3. The minimum absolute atomic E-state index is 0.0841. The van der Waals surface area contributed by atoms with E-state index >= 15 is 0 Å². The van der Waals surface area contributed by atoms with Crippen molar-refractivity contribution in [2.24, 2.45) is 11.1 Å². The van der Waals surface area contributed by atoms with Crippen molar-refractivity contribution < 1.29 is 4.79 Å². The Morgan fingerprint density at radius 1 is 1.39 bits per heavy atom. The standard InChI is InChI=1S/C13H17BrN2OS/c1-8(9-4-6-10(14)7-5-9)16-12(17)13(2,3)11(15)18/h4-8H,1-3H3,(H2,15,18)(H,16,17). The lowest BCUT2D eigenvalue weighted by atomic mass is 9.91. The molecule has 0 heterocycles. The summed E-state index contributed by atoms with van der Waals surface area (Å²) in [6, 6.07) is 7.72. The van der Waals surface area contributed by atoms with Gasteiger partial charge < -0.3 is 11.1 Å². The summed E-state index contributed by atoms with van der Waals surface area (Å²) < 4.78 is 1.01. The molecule has 5 heteroatoms. The lowest BCUT2D eigenvalue weighted by molar-refractivity contribution is -0.126. The highest BCUT2D eigenvalue weighted by atomic mass is 79.9. The van der Waals surface area contributed by atoms with Gasteiger partial charge >= 0.3 is 0 Å². The maximum absolute atomic E-state index is 12.1. The Morgan fingerprint density at radius 2 is 1.89 bits per heavy atom. The molecule has 1 aromatic rings. The zero-order valence-corrected chi connectivity index (χ0v) is 13.1. The number of carbonyl (C=O) groups excluding carboxylic acids is 1. The van der Waals surface area contributed by atoms with Gasteiger partial charge in [0.15, 0.2) is 0 Å². The second-order valence-corrected chi connectivity index (χ2v) is 6.09. The van der Waals surface area contributed by atoms with E-state index in [0.717, 1.165) is 10.0 Å². The van der Waals surface area contributed by atoms with Crippen LogP contribution in [0.25, 0.3) is 0 Å². The summed E-state index contributed by atoms with van der Waals surface area (Å²) in [6.07, 6.45) is 0. The van der Waals surface area contributed by atoms with Gasteiger partial charge in [-0.15, -0.1) is 0 Å². The van der Waals surface area contributed by atoms with E-state index in [1.54, 1.807) is 13.8 Å². The van der Waals surface area contributed by atoms with Crippen LogP contribution in [0.3, 0.4) is 0 Å². The van der Waals surface area contributed by atoms with Crippen LogP contribution in [0.15, 0.2) is 28.7 Å². The first kappa shape index (κ1) is 15.1. The Kier molecular flexibility index (Phi) is 4.87. The lowest BCUT2D eigenvalue weighted by Crippen LogP contribution is -2.45. The van der Waals surface area contributed by atoms with Crippen LogP contribution in [0.1, 0.15) is 32.4 Å². The Hall–Kier alpha value is -0.940. The van der Waals surface area contributed by atoms with Crippen molar-refractivity contribution in [3.8, 4) is 0 Å². The molecule has 1 amide bonds. The van der Waals surface area contributed by atoms with Crippen LogP contribution in [-0.2, 0) is 4.79 Å². The number of hydrogen-bond acceptors (Lipinski definition) is 2. The van der Waals surface area contributed by atoms with Crippen molar-refractivity contribution in [1.82, 2.24) is 5.32 Å². The fourth-order valence-electron chi connectivity index (χ4n) is 1.32. The normalized spacial score (nSPS) is 12.9. The van der Waals surface area contributed by atoms with Crippen LogP contribution in [0.4, 0.5) is 0 Å². The Labute approximate surface area is 121 Å². The average molecular weight is 329 g/mol. The summed E-state index contributed by atoms with van der Waals surface area (Å²) in [5.41, 5.74) is 5.77. The van der Waals surface area contributed by atoms with E-state index in [0.29, 0.717) is 0 Å². The largest absolute Gasteiger partial charge is 0.392 e. The van der Waals surface area contributed by atoms with Crippen LogP contribution < -0.4 is 11.1 Å². The monoisotopic (exact) mass is 328 g/mol. The molecule has 0 aliphatic heterocycles. The van der Waals surface area contributed by atoms with Crippen LogP contribution in [0.2, 0.25) is 0 Å². The van der Waals surface area contributed by atoms with Gasteiger partial charge in [0.2, 0.25) is 5.91 Å². The van der Waals surface area contributed by atoms with Crippen molar-refractivity contribution in [1.29, 1.82) is 0 Å². The zero-order chi connectivity index (χ0) is 13.9. The van der Waals surface area contributed by atoms with Gasteiger partial charge in [-0.1, -0.05) is 40.3 Å². The fraction of sp³-hybridized carbons (Fsp3) is 0.385. The lowest BCUT2D eigenvalue weighted by Gasteiger charge is -2.25. The molecule has 3 N–H and O–H groups in total. The van der Waals surface area contributed by atoms with Crippen LogP contribution in [0, 0.1) is 5.41 Å². The van der Waals surface area contributed by atoms with E-state index in [-0.39, 0.29) is 16.9 Å². The van der Waals surface area contributed by atoms with Crippen LogP contribution in [0.5, 0.6) is 0 Å². The molecule has 1 unspecified atom stereocenters. The SMILES string of the molecule is CC(NC(=O)C(C)(C)C(N)=S)c1ccc(Br)cc1. The molecule has 3 nitrogen and oxygen atoms in total. The van der Waals surface area contributed by atoms with Gasteiger partial charge in [0.1, 0.15) is 0 Å².